The van der Waals surface area contributed by atoms with Gasteiger partial charge in [-0.15, -0.1) is 0 Å². The average molecular weight is 138 g/mol. The molecule has 56 valence electrons. The second kappa shape index (κ2) is 3.57. The molecule has 0 aromatic carbocycles. The predicted octanol–water partition coefficient (Wildman–Crippen LogP) is 2.03. The highest BCUT2D eigenvalue weighted by atomic mass is 16.3. The van der Waals surface area contributed by atoms with Crippen LogP contribution in [0.15, 0.2) is 24.3 Å². The van der Waals surface area contributed by atoms with Gasteiger partial charge in [0, 0.05) is 0 Å². The largest absolute Gasteiger partial charge is 0.389 e. The van der Waals surface area contributed by atoms with E-state index in [0.717, 1.165) is 24.8 Å². The molecule has 0 radical (unpaired) electrons. The van der Waals surface area contributed by atoms with E-state index in [2.05, 4.69) is 6.58 Å². The molecule has 0 bridgehead atoms. The van der Waals surface area contributed by atoms with Crippen LogP contribution >= 0.6 is 0 Å². The lowest BCUT2D eigenvalue weighted by atomic mass is 9.92. The Morgan fingerprint density at radius 3 is 2.90 bits per heavy atom. The zero-order valence-electron chi connectivity index (χ0n) is 6.21. The normalized spacial score (nSPS) is 30.5. The summed E-state index contributed by atoms with van der Waals surface area (Å²) in [5, 5.41) is 9.38. The highest BCUT2D eigenvalue weighted by Gasteiger charge is 2.14. The van der Waals surface area contributed by atoms with Gasteiger partial charge in [-0.25, -0.2) is 0 Å². The number of hydrogen-bond acceptors (Lipinski definition) is 1. The summed E-state index contributed by atoms with van der Waals surface area (Å²) in [6, 6.07) is 0. The number of rotatable bonds is 1. The van der Waals surface area contributed by atoms with Crippen molar-refractivity contribution in [3.63, 3.8) is 0 Å². The lowest BCUT2D eigenvalue weighted by Gasteiger charge is -2.19. The van der Waals surface area contributed by atoms with E-state index in [1.54, 1.807) is 6.08 Å². The first-order chi connectivity index (χ1) is 4.84. The highest BCUT2D eigenvalue weighted by molar-refractivity contribution is 5.15. The standard InChI is InChI=1S/C9H14O/c1-2-5-8-6-3-4-7-9(8)10/h2,5,9-10H,1,3-4,6-7H2/b8-5+. The molecule has 1 aliphatic carbocycles. The van der Waals surface area contributed by atoms with Crippen LogP contribution < -0.4 is 0 Å². The second-order valence-corrected chi connectivity index (χ2v) is 2.74. The van der Waals surface area contributed by atoms with Crippen molar-refractivity contribution in [3.05, 3.63) is 24.3 Å². The summed E-state index contributed by atoms with van der Waals surface area (Å²) in [6.07, 6.45) is 7.86. The van der Waals surface area contributed by atoms with Gasteiger partial charge in [0.1, 0.15) is 0 Å². The lowest BCUT2D eigenvalue weighted by Crippen LogP contribution is -2.14. The Balaban J connectivity index is 2.55. The van der Waals surface area contributed by atoms with Gasteiger partial charge in [-0.3, -0.25) is 0 Å². The minimum absolute atomic E-state index is 0.188. The van der Waals surface area contributed by atoms with E-state index < -0.39 is 0 Å². The zero-order valence-corrected chi connectivity index (χ0v) is 6.21. The van der Waals surface area contributed by atoms with E-state index in [1.807, 2.05) is 6.08 Å². The summed E-state index contributed by atoms with van der Waals surface area (Å²) < 4.78 is 0. The SMILES string of the molecule is C=C/C=C1\CCCCC1O. The molecule has 0 heterocycles. The maximum absolute atomic E-state index is 9.38. The molecular formula is C9H14O. The van der Waals surface area contributed by atoms with Crippen LogP contribution in [0.25, 0.3) is 0 Å². The van der Waals surface area contributed by atoms with Crippen molar-refractivity contribution in [2.24, 2.45) is 0 Å². The summed E-state index contributed by atoms with van der Waals surface area (Å²) in [7, 11) is 0. The van der Waals surface area contributed by atoms with Crippen molar-refractivity contribution >= 4 is 0 Å². The Morgan fingerprint density at radius 2 is 2.30 bits per heavy atom. The maximum Gasteiger partial charge on any atom is 0.0753 e. The van der Waals surface area contributed by atoms with Gasteiger partial charge in [0.2, 0.25) is 0 Å². The first-order valence-electron chi connectivity index (χ1n) is 3.84. The molecule has 1 rings (SSSR count). The molecule has 1 heteroatoms. The van der Waals surface area contributed by atoms with E-state index in [9.17, 15) is 5.11 Å². The molecule has 0 aromatic heterocycles. The molecule has 0 amide bonds. The Bertz CT molecular complexity index is 147. The van der Waals surface area contributed by atoms with Crippen LogP contribution in [0.2, 0.25) is 0 Å². The molecule has 1 fully saturated rings. The minimum atomic E-state index is -0.188. The van der Waals surface area contributed by atoms with E-state index in [1.165, 1.54) is 6.42 Å². The van der Waals surface area contributed by atoms with Crippen LogP contribution in [0.5, 0.6) is 0 Å². The summed E-state index contributed by atoms with van der Waals surface area (Å²) in [4.78, 5) is 0. The number of aliphatic hydroxyl groups excluding tert-OH is 1. The summed E-state index contributed by atoms with van der Waals surface area (Å²) in [5.41, 5.74) is 1.15. The van der Waals surface area contributed by atoms with Gasteiger partial charge in [-0.1, -0.05) is 25.2 Å². The second-order valence-electron chi connectivity index (χ2n) is 2.74. The van der Waals surface area contributed by atoms with Gasteiger partial charge >= 0.3 is 0 Å². The Hall–Kier alpha value is -0.560. The van der Waals surface area contributed by atoms with E-state index in [4.69, 9.17) is 0 Å². The Morgan fingerprint density at radius 1 is 1.50 bits per heavy atom. The number of hydrogen-bond donors (Lipinski definition) is 1. The quantitative estimate of drug-likeness (QED) is 0.588. The Labute approximate surface area is 62.1 Å². The first-order valence-corrected chi connectivity index (χ1v) is 3.84. The smallest absolute Gasteiger partial charge is 0.0753 e. The molecule has 0 aliphatic heterocycles. The van der Waals surface area contributed by atoms with E-state index in [-0.39, 0.29) is 6.10 Å². The van der Waals surface area contributed by atoms with E-state index >= 15 is 0 Å². The van der Waals surface area contributed by atoms with Gasteiger partial charge in [0.05, 0.1) is 6.10 Å². The topological polar surface area (TPSA) is 20.2 Å². The third-order valence-corrected chi connectivity index (χ3v) is 1.95. The molecule has 1 N–H and O–H groups in total. The third kappa shape index (κ3) is 1.71. The molecule has 0 spiro atoms. The summed E-state index contributed by atoms with van der Waals surface area (Å²) >= 11 is 0. The van der Waals surface area contributed by atoms with Crippen LogP contribution in [0, 0.1) is 0 Å². The molecule has 1 aliphatic rings. The number of allylic oxidation sites excluding steroid dienone is 2. The fraction of sp³-hybridized carbons (Fsp3) is 0.556. The molecular weight excluding hydrogens is 124 g/mol. The van der Waals surface area contributed by atoms with Crippen molar-refractivity contribution in [1.82, 2.24) is 0 Å². The van der Waals surface area contributed by atoms with Crippen molar-refractivity contribution < 1.29 is 5.11 Å². The third-order valence-electron chi connectivity index (χ3n) is 1.95. The van der Waals surface area contributed by atoms with Crippen molar-refractivity contribution in [1.29, 1.82) is 0 Å². The predicted molar refractivity (Wildman–Crippen MR) is 42.8 cm³/mol. The summed E-state index contributed by atoms with van der Waals surface area (Å²) in [6.45, 7) is 3.60. The Kier molecular flexibility index (Phi) is 2.69. The van der Waals surface area contributed by atoms with Gasteiger partial charge in [-0.05, 0) is 24.8 Å². The van der Waals surface area contributed by atoms with Gasteiger partial charge in [0.15, 0.2) is 0 Å². The first kappa shape index (κ1) is 7.55. The molecule has 0 saturated heterocycles. The molecule has 1 atom stereocenters. The summed E-state index contributed by atoms with van der Waals surface area (Å²) in [5.74, 6) is 0. The molecule has 1 nitrogen and oxygen atoms in total. The zero-order chi connectivity index (χ0) is 7.40. The molecule has 0 aromatic rings. The number of aliphatic hydroxyl groups is 1. The van der Waals surface area contributed by atoms with Crippen molar-refractivity contribution in [3.8, 4) is 0 Å². The van der Waals surface area contributed by atoms with E-state index in [0.29, 0.717) is 0 Å². The molecule has 1 unspecified atom stereocenters. The maximum atomic E-state index is 9.38. The van der Waals surface area contributed by atoms with Gasteiger partial charge < -0.3 is 5.11 Å². The van der Waals surface area contributed by atoms with Crippen LogP contribution in [-0.4, -0.2) is 11.2 Å². The highest BCUT2D eigenvalue weighted by Crippen LogP contribution is 2.23. The van der Waals surface area contributed by atoms with Crippen LogP contribution in [0.1, 0.15) is 25.7 Å². The van der Waals surface area contributed by atoms with Gasteiger partial charge in [-0.2, -0.15) is 0 Å². The van der Waals surface area contributed by atoms with Crippen LogP contribution in [0.3, 0.4) is 0 Å². The van der Waals surface area contributed by atoms with Crippen LogP contribution in [-0.2, 0) is 0 Å². The monoisotopic (exact) mass is 138 g/mol. The molecule has 1 saturated carbocycles. The lowest BCUT2D eigenvalue weighted by molar-refractivity contribution is 0.178. The van der Waals surface area contributed by atoms with Crippen molar-refractivity contribution in [2.75, 3.05) is 0 Å². The fourth-order valence-corrected chi connectivity index (χ4v) is 1.36. The van der Waals surface area contributed by atoms with Crippen LogP contribution in [0.4, 0.5) is 0 Å². The van der Waals surface area contributed by atoms with Crippen molar-refractivity contribution in [2.45, 2.75) is 31.8 Å². The fourth-order valence-electron chi connectivity index (χ4n) is 1.36. The van der Waals surface area contributed by atoms with Gasteiger partial charge in [0.25, 0.3) is 0 Å². The molecule has 10 heavy (non-hydrogen) atoms. The average Bonchev–Trinajstić information content (AvgIpc) is 1.94. The minimum Gasteiger partial charge on any atom is -0.389 e.